The number of ether oxygens (including phenoxy) is 2. The average Bonchev–Trinajstić information content (AvgIpc) is 3.25. The molecule has 130 valence electrons. The topological polar surface area (TPSA) is 55.8 Å². The van der Waals surface area contributed by atoms with Crippen LogP contribution in [0.25, 0.3) is 0 Å². The van der Waals surface area contributed by atoms with Crippen LogP contribution in [0.3, 0.4) is 0 Å². The average molecular weight is 360 g/mol. The molecular formula is C19H18ClNO4. The summed E-state index contributed by atoms with van der Waals surface area (Å²) in [6.07, 6.45) is 5.71. The Balaban J connectivity index is 1.81. The van der Waals surface area contributed by atoms with Crippen molar-refractivity contribution in [3.63, 3.8) is 0 Å². The van der Waals surface area contributed by atoms with Crippen LogP contribution in [0.1, 0.15) is 6.42 Å². The zero-order chi connectivity index (χ0) is 17.8. The lowest BCUT2D eigenvalue weighted by Crippen LogP contribution is -2.45. The van der Waals surface area contributed by atoms with E-state index >= 15 is 0 Å². The van der Waals surface area contributed by atoms with Gasteiger partial charge in [-0.3, -0.25) is 9.59 Å². The van der Waals surface area contributed by atoms with Gasteiger partial charge in [-0.05, 0) is 30.7 Å². The summed E-state index contributed by atoms with van der Waals surface area (Å²) in [5.74, 6) is -1.75. The summed E-state index contributed by atoms with van der Waals surface area (Å²) in [5.41, 5.74) is -0.0943. The third-order valence-corrected chi connectivity index (χ3v) is 5.64. The third-order valence-electron chi connectivity index (χ3n) is 5.39. The van der Waals surface area contributed by atoms with Gasteiger partial charge in [-0.25, -0.2) is 0 Å². The maximum atomic E-state index is 13.3. The predicted octanol–water partition coefficient (Wildman–Crippen LogP) is 2.74. The van der Waals surface area contributed by atoms with Crippen LogP contribution >= 0.6 is 11.6 Å². The Morgan fingerprint density at radius 3 is 2.80 bits per heavy atom. The minimum absolute atomic E-state index is 0.128. The first-order valence-corrected chi connectivity index (χ1v) is 8.56. The van der Waals surface area contributed by atoms with Crippen molar-refractivity contribution in [1.29, 1.82) is 0 Å². The van der Waals surface area contributed by atoms with Crippen LogP contribution in [0.5, 0.6) is 0 Å². The van der Waals surface area contributed by atoms with Crippen molar-refractivity contribution < 1.29 is 19.1 Å². The molecule has 0 saturated carbocycles. The summed E-state index contributed by atoms with van der Waals surface area (Å²) in [6, 6.07) is 6.83. The van der Waals surface area contributed by atoms with E-state index in [1.165, 1.54) is 7.11 Å². The molecule has 0 aliphatic carbocycles. The molecule has 5 atom stereocenters. The summed E-state index contributed by atoms with van der Waals surface area (Å²) in [7, 11) is 1.34. The molecule has 3 heterocycles. The monoisotopic (exact) mass is 359 g/mol. The van der Waals surface area contributed by atoms with E-state index < -0.39 is 29.5 Å². The first kappa shape index (κ1) is 16.4. The Morgan fingerprint density at radius 2 is 2.16 bits per heavy atom. The number of hydrogen-bond acceptors (Lipinski definition) is 4. The molecule has 0 N–H and O–H groups in total. The van der Waals surface area contributed by atoms with Crippen molar-refractivity contribution in [3.05, 3.63) is 54.1 Å². The largest absolute Gasteiger partial charge is 0.469 e. The van der Waals surface area contributed by atoms with E-state index in [1.807, 2.05) is 12.2 Å². The molecule has 2 bridgehead atoms. The molecule has 3 aliphatic rings. The fourth-order valence-electron chi connectivity index (χ4n) is 4.41. The van der Waals surface area contributed by atoms with Crippen molar-refractivity contribution in [1.82, 2.24) is 0 Å². The molecule has 3 aliphatic heterocycles. The van der Waals surface area contributed by atoms with E-state index in [9.17, 15) is 9.59 Å². The van der Waals surface area contributed by atoms with Crippen LogP contribution in [0, 0.1) is 11.8 Å². The normalized spacial score (nSPS) is 35.1. The van der Waals surface area contributed by atoms with Gasteiger partial charge in [0.1, 0.15) is 11.5 Å². The van der Waals surface area contributed by atoms with E-state index in [1.54, 1.807) is 35.2 Å². The van der Waals surface area contributed by atoms with Crippen LogP contribution in [0.4, 0.5) is 5.69 Å². The number of benzene rings is 1. The molecule has 4 rings (SSSR count). The van der Waals surface area contributed by atoms with Crippen LogP contribution in [0.15, 0.2) is 49.1 Å². The number of fused-ring (bicyclic) bond motifs is 1. The maximum absolute atomic E-state index is 13.3. The number of methoxy groups -OCH3 is 1. The van der Waals surface area contributed by atoms with E-state index in [4.69, 9.17) is 21.1 Å². The van der Waals surface area contributed by atoms with Gasteiger partial charge in [0, 0.05) is 10.7 Å². The second-order valence-corrected chi connectivity index (χ2v) is 6.98. The number of rotatable bonds is 4. The molecule has 1 amide bonds. The first-order chi connectivity index (χ1) is 12.0. The lowest BCUT2D eigenvalue weighted by Gasteiger charge is -2.32. The molecule has 0 unspecified atom stereocenters. The number of carbonyl (C=O) groups is 2. The number of halogens is 1. The molecule has 2 saturated heterocycles. The first-order valence-electron chi connectivity index (χ1n) is 8.18. The van der Waals surface area contributed by atoms with E-state index in [0.29, 0.717) is 11.4 Å². The summed E-state index contributed by atoms with van der Waals surface area (Å²) in [4.78, 5) is 27.3. The Morgan fingerprint density at radius 1 is 1.44 bits per heavy atom. The van der Waals surface area contributed by atoms with E-state index in [2.05, 4.69) is 6.58 Å². The molecule has 1 spiro atoms. The highest BCUT2D eigenvalue weighted by Gasteiger charge is 2.71. The van der Waals surface area contributed by atoms with Gasteiger partial charge in [-0.1, -0.05) is 29.8 Å². The standard InChI is InChI=1S/C19H18ClNO4/c1-3-4-14-19-10-9-13(25-19)15(18(23)24-2)16(19)17(22)21(14)12-7-5-11(20)6-8-12/h3,5-10,13-16H,1,4H2,2H3/t13-,14-,15+,16+,19-/m1/s1. The maximum Gasteiger partial charge on any atom is 0.312 e. The molecule has 1 aromatic rings. The minimum Gasteiger partial charge on any atom is -0.469 e. The number of hydrogen-bond donors (Lipinski definition) is 0. The van der Waals surface area contributed by atoms with Crippen LogP contribution in [-0.4, -0.2) is 36.7 Å². The Bertz CT molecular complexity index is 774. The number of esters is 1. The number of anilines is 1. The number of nitrogens with zero attached hydrogens (tertiary/aromatic N) is 1. The molecule has 1 aromatic carbocycles. The SMILES string of the molecule is C=CC[C@H]1N(c2ccc(Cl)cc2)C(=O)[C@@H]2[C@@H](C(=O)OC)[C@H]3C=C[C@]21O3. The summed E-state index contributed by atoms with van der Waals surface area (Å²) >= 11 is 5.98. The van der Waals surface area contributed by atoms with Crippen LogP contribution < -0.4 is 4.90 Å². The Kier molecular flexibility index (Phi) is 3.74. The van der Waals surface area contributed by atoms with Crippen molar-refractivity contribution in [2.45, 2.75) is 24.2 Å². The van der Waals surface area contributed by atoms with Crippen LogP contribution in [0.2, 0.25) is 5.02 Å². The molecule has 0 aromatic heterocycles. The zero-order valence-electron chi connectivity index (χ0n) is 13.7. The molecular weight excluding hydrogens is 342 g/mol. The van der Waals surface area contributed by atoms with Crippen molar-refractivity contribution in [2.24, 2.45) is 11.8 Å². The second kappa shape index (κ2) is 5.71. The molecule has 0 radical (unpaired) electrons. The van der Waals surface area contributed by atoms with Gasteiger partial charge in [0.05, 0.1) is 25.2 Å². The lowest BCUT2D eigenvalue weighted by molar-refractivity contribution is -0.149. The highest BCUT2D eigenvalue weighted by molar-refractivity contribution is 6.30. The smallest absolute Gasteiger partial charge is 0.312 e. The quantitative estimate of drug-likeness (QED) is 0.612. The molecule has 5 nitrogen and oxygen atoms in total. The van der Waals surface area contributed by atoms with Gasteiger partial charge < -0.3 is 14.4 Å². The fourth-order valence-corrected chi connectivity index (χ4v) is 4.54. The highest BCUT2D eigenvalue weighted by atomic mass is 35.5. The third kappa shape index (κ3) is 2.12. The zero-order valence-corrected chi connectivity index (χ0v) is 14.5. The Labute approximate surface area is 150 Å². The van der Waals surface area contributed by atoms with Crippen molar-refractivity contribution in [2.75, 3.05) is 12.0 Å². The van der Waals surface area contributed by atoms with Gasteiger partial charge in [-0.2, -0.15) is 0 Å². The summed E-state index contributed by atoms with van der Waals surface area (Å²) in [6.45, 7) is 3.82. The fraction of sp³-hybridized carbons (Fsp3) is 0.368. The van der Waals surface area contributed by atoms with Crippen molar-refractivity contribution in [3.8, 4) is 0 Å². The van der Waals surface area contributed by atoms with Crippen molar-refractivity contribution >= 4 is 29.2 Å². The predicted molar refractivity (Wildman–Crippen MR) is 93.3 cm³/mol. The molecule has 2 fully saturated rings. The van der Waals surface area contributed by atoms with E-state index in [0.717, 1.165) is 5.69 Å². The van der Waals surface area contributed by atoms with Gasteiger partial charge in [-0.15, -0.1) is 6.58 Å². The molecule has 25 heavy (non-hydrogen) atoms. The van der Waals surface area contributed by atoms with Gasteiger partial charge in [0.15, 0.2) is 0 Å². The molecule has 6 heteroatoms. The van der Waals surface area contributed by atoms with Gasteiger partial charge in [0.2, 0.25) is 5.91 Å². The number of amides is 1. The van der Waals surface area contributed by atoms with Gasteiger partial charge in [0.25, 0.3) is 0 Å². The lowest BCUT2D eigenvalue weighted by atomic mass is 9.74. The van der Waals surface area contributed by atoms with Crippen LogP contribution in [-0.2, 0) is 19.1 Å². The van der Waals surface area contributed by atoms with E-state index in [-0.39, 0.29) is 11.9 Å². The summed E-state index contributed by atoms with van der Waals surface area (Å²) < 4.78 is 11.1. The Hall–Kier alpha value is -2.11. The minimum atomic E-state index is -0.825. The highest BCUT2D eigenvalue weighted by Crippen LogP contribution is 2.56. The number of carbonyl (C=O) groups excluding carboxylic acids is 2. The summed E-state index contributed by atoms with van der Waals surface area (Å²) in [5, 5.41) is 0.596. The second-order valence-electron chi connectivity index (χ2n) is 6.55. The van der Waals surface area contributed by atoms with Gasteiger partial charge >= 0.3 is 5.97 Å².